The zero-order valence-electron chi connectivity index (χ0n) is 46.7. The van der Waals surface area contributed by atoms with Crippen molar-refractivity contribution in [1.82, 2.24) is 29.9 Å². The summed E-state index contributed by atoms with van der Waals surface area (Å²) in [5.41, 5.74) is 11.2. The molecule has 0 amide bonds. The number of fused-ring (bicyclic) bond motifs is 3. The molecule has 13 rings (SSSR count). The molecule has 0 bridgehead atoms. The molecule has 13 aromatic rings. The number of rotatable bonds is 20. The largest absolute Gasteiger partial charge is 0.469 e. The van der Waals surface area contributed by atoms with Gasteiger partial charge in [0, 0.05) is 59.4 Å². The van der Waals surface area contributed by atoms with E-state index >= 15 is 0 Å². The zero-order chi connectivity index (χ0) is 56.4. The van der Waals surface area contributed by atoms with Crippen LogP contribution in [-0.2, 0) is 6.42 Å². The lowest BCUT2D eigenvalue weighted by Crippen LogP contribution is -2.05. The van der Waals surface area contributed by atoms with E-state index in [4.69, 9.17) is 17.7 Å². The van der Waals surface area contributed by atoms with Gasteiger partial charge in [-0.15, -0.1) is 0 Å². The molecule has 6 aromatic carbocycles. The van der Waals surface area contributed by atoms with E-state index < -0.39 is 0 Å². The van der Waals surface area contributed by atoms with Crippen molar-refractivity contribution >= 4 is 50.8 Å². The van der Waals surface area contributed by atoms with Gasteiger partial charge in [-0.05, 0) is 48.1 Å². The Hall–Kier alpha value is -10.1. The highest BCUT2D eigenvalue weighted by molar-refractivity contribution is 6.08. The van der Waals surface area contributed by atoms with Crippen LogP contribution in [0.4, 0.5) is 17.5 Å². The van der Waals surface area contributed by atoms with Crippen molar-refractivity contribution in [2.75, 3.05) is 35.6 Å². The van der Waals surface area contributed by atoms with Crippen molar-refractivity contribution in [3.8, 4) is 67.4 Å². The van der Waals surface area contributed by atoms with E-state index in [9.17, 15) is 0 Å². The fourth-order valence-electron chi connectivity index (χ4n) is 10.1. The predicted octanol–water partition coefficient (Wildman–Crippen LogP) is 19.4. The second-order valence-electron chi connectivity index (χ2n) is 19.8. The first-order valence-electron chi connectivity index (χ1n) is 28.6. The molecular formula is C72H73N9O4. The van der Waals surface area contributed by atoms with Crippen molar-refractivity contribution in [3.05, 3.63) is 225 Å². The van der Waals surface area contributed by atoms with Crippen LogP contribution in [0.2, 0.25) is 0 Å². The Kier molecular flexibility index (Phi) is 20.8. The van der Waals surface area contributed by atoms with Crippen LogP contribution in [0.15, 0.2) is 237 Å². The number of unbranched alkanes of at least 4 members (excludes halogenated alkanes) is 3. The highest BCUT2D eigenvalue weighted by atomic mass is 16.4. The van der Waals surface area contributed by atoms with Crippen molar-refractivity contribution < 1.29 is 17.7 Å². The number of hydrogen-bond donors (Lipinski definition) is 3. The van der Waals surface area contributed by atoms with E-state index in [2.05, 4.69) is 120 Å². The Morgan fingerprint density at radius 2 is 0.647 bits per heavy atom. The van der Waals surface area contributed by atoms with Gasteiger partial charge < -0.3 is 33.6 Å². The molecule has 3 N–H and O–H groups in total. The SMILES string of the molecule is C.C.CCCCCNc1ncnc2oc(-c3ccccc3)c(-c3ccccc3)c12.CCCCNc1ncnc2oc(-c3ccccc3)c(-c3ccccc3)c12.c1ccc(-c2oc3ncnc(NCCCc4ccco4)c3c2-c2ccccc2)cc1. The third-order valence-electron chi connectivity index (χ3n) is 14.1. The number of anilines is 3. The summed E-state index contributed by atoms with van der Waals surface area (Å²) in [6.07, 6.45) is 13.9. The van der Waals surface area contributed by atoms with E-state index in [-0.39, 0.29) is 14.9 Å². The number of nitrogens with one attached hydrogen (secondary N) is 3. The number of hydrogen-bond acceptors (Lipinski definition) is 13. The fourth-order valence-corrected chi connectivity index (χ4v) is 10.1. The molecule has 0 fully saturated rings. The number of nitrogens with zero attached hydrogens (tertiary/aromatic N) is 6. The van der Waals surface area contributed by atoms with Gasteiger partial charge in [0.2, 0.25) is 17.1 Å². The quantitative estimate of drug-likeness (QED) is 0.0618. The van der Waals surface area contributed by atoms with Gasteiger partial charge in [-0.1, -0.05) is 230 Å². The lowest BCUT2D eigenvalue weighted by atomic mass is 9.99. The zero-order valence-corrected chi connectivity index (χ0v) is 46.7. The van der Waals surface area contributed by atoms with Crippen molar-refractivity contribution in [2.45, 2.75) is 73.6 Å². The third kappa shape index (κ3) is 14.0. The summed E-state index contributed by atoms with van der Waals surface area (Å²) in [7, 11) is 0. The molecule has 0 aliphatic carbocycles. The highest BCUT2D eigenvalue weighted by Crippen LogP contribution is 2.45. The number of aromatic nitrogens is 6. The topological polar surface area (TPSA) is 166 Å². The average molecular weight is 1130 g/mol. The summed E-state index contributed by atoms with van der Waals surface area (Å²) in [5, 5.41) is 13.2. The molecule has 0 spiro atoms. The Morgan fingerprint density at radius 3 is 0.965 bits per heavy atom. The molecule has 0 atom stereocenters. The molecule has 0 radical (unpaired) electrons. The summed E-state index contributed by atoms with van der Waals surface area (Å²) >= 11 is 0. The van der Waals surface area contributed by atoms with Crippen LogP contribution < -0.4 is 16.0 Å². The molecule has 0 unspecified atom stereocenters. The molecule has 0 saturated carbocycles. The Balaban J connectivity index is 0.000000151. The molecule has 0 saturated heterocycles. The summed E-state index contributed by atoms with van der Waals surface area (Å²) in [6, 6.07) is 65.2. The molecule has 0 aliphatic heterocycles. The Labute approximate surface area is 497 Å². The van der Waals surface area contributed by atoms with Crippen LogP contribution in [0, 0.1) is 0 Å². The van der Waals surface area contributed by atoms with Gasteiger partial charge in [-0.25, -0.2) is 29.9 Å². The standard InChI is InChI=1S/C25H21N3O2.C23H23N3O.C22H21N3O.2CH4/c1-3-9-18(10-4-1)21-22-24(26-15-7-13-20-14-8-16-29-20)27-17-28-25(22)30-23(21)19-11-5-2-6-12-19;1-2-3-10-15-24-22-20-19(17-11-6-4-7-12-17)21(18-13-8-5-9-14-18)27-23(20)26-16-25-22;1-2-3-14-23-21-19-18(16-10-6-4-7-11-16)20(17-12-8-5-9-13-17)26-22(19)25-15-24-21;;/h1-6,8-12,14,16-17H,7,13,15H2,(H,26,27,28);4-9,11-14,16H,2-3,10,15H2,1H3,(H,24,25,26);4-13,15H,2-3,14H2,1H3,(H,23,24,25);2*1H4. The first-order chi connectivity index (χ1) is 41.2. The predicted molar refractivity (Wildman–Crippen MR) is 348 cm³/mol. The van der Waals surface area contributed by atoms with Gasteiger partial charge in [-0.2, -0.15) is 0 Å². The maximum Gasteiger partial charge on any atom is 0.232 e. The van der Waals surface area contributed by atoms with Gasteiger partial charge in [0.05, 0.1) is 22.4 Å². The van der Waals surface area contributed by atoms with Gasteiger partial charge in [0.15, 0.2) is 0 Å². The monoisotopic (exact) mass is 1130 g/mol. The first-order valence-corrected chi connectivity index (χ1v) is 28.6. The summed E-state index contributed by atoms with van der Waals surface area (Å²) in [6.45, 7) is 6.92. The minimum atomic E-state index is 0. The Bertz CT molecular complexity index is 4080. The lowest BCUT2D eigenvalue weighted by molar-refractivity contribution is 0.504. The van der Waals surface area contributed by atoms with Crippen LogP contribution in [0.25, 0.3) is 101 Å². The molecule has 13 heteroatoms. The van der Waals surface area contributed by atoms with Crippen molar-refractivity contribution in [1.29, 1.82) is 0 Å². The lowest BCUT2D eigenvalue weighted by Gasteiger charge is -2.08. The molecule has 430 valence electrons. The van der Waals surface area contributed by atoms with Crippen molar-refractivity contribution in [2.24, 2.45) is 0 Å². The molecule has 7 heterocycles. The normalized spacial score (nSPS) is 10.8. The van der Waals surface area contributed by atoms with Crippen LogP contribution >= 0.6 is 0 Å². The van der Waals surface area contributed by atoms with E-state index in [0.717, 1.165) is 158 Å². The molecule has 0 aliphatic rings. The fraction of sp³-hybridized carbons (Fsp3) is 0.194. The van der Waals surface area contributed by atoms with Crippen molar-refractivity contribution in [3.63, 3.8) is 0 Å². The van der Waals surface area contributed by atoms with Gasteiger partial charge in [0.1, 0.15) is 59.5 Å². The average Bonchev–Trinajstić information content (AvgIpc) is 2.12. The third-order valence-corrected chi connectivity index (χ3v) is 14.1. The van der Waals surface area contributed by atoms with E-state index in [1.54, 1.807) is 25.2 Å². The number of benzene rings is 6. The van der Waals surface area contributed by atoms with E-state index in [1.165, 1.54) is 12.8 Å². The van der Waals surface area contributed by atoms with Gasteiger partial charge in [-0.3, -0.25) is 0 Å². The van der Waals surface area contributed by atoms with Gasteiger partial charge >= 0.3 is 0 Å². The van der Waals surface area contributed by atoms with E-state index in [0.29, 0.717) is 17.1 Å². The van der Waals surface area contributed by atoms with Crippen LogP contribution in [-0.4, -0.2) is 49.5 Å². The van der Waals surface area contributed by atoms with Crippen LogP contribution in [0.5, 0.6) is 0 Å². The molecule has 13 nitrogen and oxygen atoms in total. The minimum absolute atomic E-state index is 0. The Morgan fingerprint density at radius 1 is 0.329 bits per heavy atom. The number of aryl methyl sites for hydroxylation is 1. The van der Waals surface area contributed by atoms with Gasteiger partial charge in [0.25, 0.3) is 0 Å². The first kappa shape index (κ1) is 59.5. The minimum Gasteiger partial charge on any atom is -0.469 e. The second-order valence-corrected chi connectivity index (χ2v) is 19.8. The van der Waals surface area contributed by atoms with E-state index in [1.807, 2.05) is 133 Å². The smallest absolute Gasteiger partial charge is 0.232 e. The maximum absolute atomic E-state index is 6.24. The summed E-state index contributed by atoms with van der Waals surface area (Å²) in [4.78, 5) is 26.7. The van der Waals surface area contributed by atoms with Crippen LogP contribution in [0.1, 0.15) is 73.0 Å². The van der Waals surface area contributed by atoms with Crippen LogP contribution in [0.3, 0.4) is 0 Å². The summed E-state index contributed by atoms with van der Waals surface area (Å²) in [5.74, 6) is 5.89. The highest BCUT2D eigenvalue weighted by Gasteiger charge is 2.25. The molecule has 7 aromatic heterocycles. The molecule has 85 heavy (non-hydrogen) atoms. The summed E-state index contributed by atoms with van der Waals surface area (Å²) < 4.78 is 24.1. The second kappa shape index (κ2) is 29.7. The molecular weight excluding hydrogens is 1050 g/mol. The number of furan rings is 4. The maximum atomic E-state index is 6.24.